The van der Waals surface area contributed by atoms with Gasteiger partial charge in [0.2, 0.25) is 0 Å². The summed E-state index contributed by atoms with van der Waals surface area (Å²) in [6.45, 7) is 6.54. The molecule has 3 rings (SSSR count). The molecule has 0 unspecified atom stereocenters. The standard InChI is InChI=1S/C15H14S2/c1-9-4-5-12(10(2)6-9)13-7-14-15(17-13)11(3)8-16-14/h4-8H,1-3H3. The van der Waals surface area contributed by atoms with Crippen LogP contribution in [0.15, 0.2) is 29.6 Å². The van der Waals surface area contributed by atoms with Crippen molar-refractivity contribution in [3.05, 3.63) is 46.3 Å². The molecule has 0 amide bonds. The molecule has 0 saturated carbocycles. The van der Waals surface area contributed by atoms with Crippen molar-refractivity contribution in [3.63, 3.8) is 0 Å². The van der Waals surface area contributed by atoms with Gasteiger partial charge in [0.15, 0.2) is 0 Å². The van der Waals surface area contributed by atoms with Crippen LogP contribution in [-0.2, 0) is 0 Å². The van der Waals surface area contributed by atoms with E-state index < -0.39 is 0 Å². The third kappa shape index (κ3) is 1.81. The monoisotopic (exact) mass is 258 g/mol. The molecule has 0 nitrogen and oxygen atoms in total. The Hall–Kier alpha value is -1.12. The molecule has 0 atom stereocenters. The highest BCUT2D eigenvalue weighted by atomic mass is 32.1. The smallest absolute Gasteiger partial charge is 0.0486 e. The molecule has 17 heavy (non-hydrogen) atoms. The zero-order valence-corrected chi connectivity index (χ0v) is 11.8. The minimum absolute atomic E-state index is 1.33. The van der Waals surface area contributed by atoms with Gasteiger partial charge >= 0.3 is 0 Å². The van der Waals surface area contributed by atoms with E-state index in [-0.39, 0.29) is 0 Å². The molecule has 0 fully saturated rings. The van der Waals surface area contributed by atoms with E-state index in [4.69, 9.17) is 0 Å². The highest BCUT2D eigenvalue weighted by Gasteiger charge is 2.09. The van der Waals surface area contributed by atoms with Gasteiger partial charge in [-0.1, -0.05) is 23.8 Å². The van der Waals surface area contributed by atoms with Gasteiger partial charge in [-0.15, -0.1) is 22.7 Å². The summed E-state index contributed by atoms with van der Waals surface area (Å²) in [5.41, 5.74) is 5.49. The molecule has 0 aliphatic heterocycles. The van der Waals surface area contributed by atoms with Crippen LogP contribution >= 0.6 is 22.7 Å². The lowest BCUT2D eigenvalue weighted by Crippen LogP contribution is -1.81. The van der Waals surface area contributed by atoms with Crippen LogP contribution in [0.25, 0.3) is 19.8 Å². The first kappa shape index (κ1) is 11.0. The Labute approximate surface area is 110 Å². The second-order valence-electron chi connectivity index (χ2n) is 4.54. The van der Waals surface area contributed by atoms with Crippen molar-refractivity contribution in [2.24, 2.45) is 0 Å². The Morgan fingerprint density at radius 3 is 2.47 bits per heavy atom. The van der Waals surface area contributed by atoms with Gasteiger partial charge in [-0.05, 0) is 48.9 Å². The molecular weight excluding hydrogens is 244 g/mol. The maximum atomic E-state index is 2.33. The lowest BCUT2D eigenvalue weighted by Gasteiger charge is -2.03. The normalized spacial score (nSPS) is 11.2. The molecule has 0 spiro atoms. The molecule has 2 aromatic heterocycles. The number of thiophene rings is 2. The molecule has 1 aromatic carbocycles. The molecule has 0 aliphatic rings. The highest BCUT2D eigenvalue weighted by Crippen LogP contribution is 2.39. The van der Waals surface area contributed by atoms with E-state index in [9.17, 15) is 0 Å². The third-order valence-corrected chi connectivity index (χ3v) is 5.55. The SMILES string of the molecule is Cc1ccc(-c2cc3scc(C)c3s2)c(C)c1. The van der Waals surface area contributed by atoms with Gasteiger partial charge < -0.3 is 0 Å². The van der Waals surface area contributed by atoms with Crippen LogP contribution in [0.4, 0.5) is 0 Å². The second kappa shape index (κ2) is 3.97. The van der Waals surface area contributed by atoms with Crippen molar-refractivity contribution in [1.29, 1.82) is 0 Å². The summed E-state index contributed by atoms with van der Waals surface area (Å²) >= 11 is 3.76. The highest BCUT2D eigenvalue weighted by molar-refractivity contribution is 7.29. The molecule has 0 N–H and O–H groups in total. The number of hydrogen-bond acceptors (Lipinski definition) is 2. The zero-order chi connectivity index (χ0) is 12.0. The molecule has 2 heteroatoms. The number of aryl methyl sites for hydroxylation is 3. The predicted molar refractivity (Wildman–Crippen MR) is 79.3 cm³/mol. The second-order valence-corrected chi connectivity index (χ2v) is 6.50. The number of fused-ring (bicyclic) bond motifs is 1. The van der Waals surface area contributed by atoms with Gasteiger partial charge in [0, 0.05) is 14.3 Å². The van der Waals surface area contributed by atoms with Gasteiger partial charge in [0.1, 0.15) is 0 Å². The summed E-state index contributed by atoms with van der Waals surface area (Å²) < 4.78 is 2.87. The number of benzene rings is 1. The maximum absolute atomic E-state index is 2.33. The molecule has 0 bridgehead atoms. The molecule has 0 saturated heterocycles. The number of rotatable bonds is 1. The van der Waals surface area contributed by atoms with Crippen molar-refractivity contribution >= 4 is 32.1 Å². The third-order valence-electron chi connectivity index (χ3n) is 3.07. The minimum atomic E-state index is 1.33. The largest absolute Gasteiger partial charge is 0.143 e. The average Bonchev–Trinajstić information content (AvgIpc) is 2.81. The number of hydrogen-bond donors (Lipinski definition) is 0. The first-order valence-electron chi connectivity index (χ1n) is 5.70. The van der Waals surface area contributed by atoms with Crippen LogP contribution in [0, 0.1) is 20.8 Å². The molecule has 0 aliphatic carbocycles. The van der Waals surface area contributed by atoms with Gasteiger partial charge in [-0.2, -0.15) is 0 Å². The topological polar surface area (TPSA) is 0 Å². The van der Waals surface area contributed by atoms with Crippen LogP contribution in [0.3, 0.4) is 0 Å². The van der Waals surface area contributed by atoms with E-state index >= 15 is 0 Å². The fourth-order valence-electron chi connectivity index (χ4n) is 2.16. The first-order chi connectivity index (χ1) is 8.15. The van der Waals surface area contributed by atoms with E-state index in [0.29, 0.717) is 0 Å². The minimum Gasteiger partial charge on any atom is -0.143 e. The van der Waals surface area contributed by atoms with E-state index in [1.54, 1.807) is 0 Å². The van der Waals surface area contributed by atoms with Crippen molar-refractivity contribution in [1.82, 2.24) is 0 Å². The lowest BCUT2D eigenvalue weighted by atomic mass is 10.0. The summed E-state index contributed by atoms with van der Waals surface area (Å²) in [6.07, 6.45) is 0. The molecular formula is C15H14S2. The van der Waals surface area contributed by atoms with Gasteiger partial charge in [-0.3, -0.25) is 0 Å². The first-order valence-corrected chi connectivity index (χ1v) is 7.40. The Morgan fingerprint density at radius 1 is 0.941 bits per heavy atom. The fraction of sp³-hybridized carbons (Fsp3) is 0.200. The van der Waals surface area contributed by atoms with Gasteiger partial charge in [-0.25, -0.2) is 0 Å². The lowest BCUT2D eigenvalue weighted by molar-refractivity contribution is 1.39. The molecule has 0 radical (unpaired) electrons. The maximum Gasteiger partial charge on any atom is 0.0486 e. The summed E-state index contributed by atoms with van der Waals surface area (Å²) in [6, 6.07) is 9.03. The van der Waals surface area contributed by atoms with Crippen LogP contribution in [-0.4, -0.2) is 0 Å². The summed E-state index contributed by atoms with van der Waals surface area (Å²) in [4.78, 5) is 1.40. The summed E-state index contributed by atoms with van der Waals surface area (Å²) in [5.74, 6) is 0. The van der Waals surface area contributed by atoms with Gasteiger partial charge in [0.25, 0.3) is 0 Å². The van der Waals surface area contributed by atoms with E-state index in [0.717, 1.165) is 0 Å². The Bertz CT molecular complexity index is 686. The van der Waals surface area contributed by atoms with Gasteiger partial charge in [0.05, 0.1) is 0 Å². The van der Waals surface area contributed by atoms with E-state index in [1.807, 2.05) is 22.7 Å². The fourth-order valence-corrected chi connectivity index (χ4v) is 4.57. The van der Waals surface area contributed by atoms with Crippen molar-refractivity contribution < 1.29 is 0 Å². The Kier molecular flexibility index (Phi) is 2.57. The summed E-state index contributed by atoms with van der Waals surface area (Å²) in [5, 5.41) is 2.24. The predicted octanol–water partition coefficient (Wildman–Crippen LogP) is 5.56. The zero-order valence-electron chi connectivity index (χ0n) is 10.2. The van der Waals surface area contributed by atoms with Crippen molar-refractivity contribution in [2.75, 3.05) is 0 Å². The van der Waals surface area contributed by atoms with E-state index in [1.165, 1.54) is 36.5 Å². The van der Waals surface area contributed by atoms with Crippen LogP contribution in [0.2, 0.25) is 0 Å². The van der Waals surface area contributed by atoms with Crippen LogP contribution in [0.1, 0.15) is 16.7 Å². The Balaban J connectivity index is 2.20. The van der Waals surface area contributed by atoms with Crippen molar-refractivity contribution in [2.45, 2.75) is 20.8 Å². The van der Waals surface area contributed by atoms with Crippen molar-refractivity contribution in [3.8, 4) is 10.4 Å². The average molecular weight is 258 g/mol. The van der Waals surface area contributed by atoms with Crippen LogP contribution < -0.4 is 0 Å². The quantitative estimate of drug-likeness (QED) is 0.536. The molecule has 86 valence electrons. The van der Waals surface area contributed by atoms with Crippen LogP contribution in [0.5, 0.6) is 0 Å². The molecule has 2 heterocycles. The van der Waals surface area contributed by atoms with E-state index in [2.05, 4.69) is 50.4 Å². The summed E-state index contributed by atoms with van der Waals surface area (Å²) in [7, 11) is 0. The Morgan fingerprint density at radius 2 is 1.76 bits per heavy atom. The molecule has 3 aromatic rings.